The van der Waals surface area contributed by atoms with Gasteiger partial charge in [0.05, 0.1) is 11.3 Å². The molecule has 0 aliphatic heterocycles. The molecule has 0 aliphatic carbocycles. The summed E-state index contributed by atoms with van der Waals surface area (Å²) in [6.07, 6.45) is 1.95. The molecule has 0 bridgehead atoms. The summed E-state index contributed by atoms with van der Waals surface area (Å²) in [5.41, 5.74) is -0.849. The van der Waals surface area contributed by atoms with E-state index in [1.165, 1.54) is 6.08 Å². The minimum absolute atomic E-state index is 0.100. The predicted molar refractivity (Wildman–Crippen MR) is 65.7 cm³/mol. The molecule has 0 aromatic rings. The summed E-state index contributed by atoms with van der Waals surface area (Å²) < 4.78 is 0. The summed E-state index contributed by atoms with van der Waals surface area (Å²) in [6.45, 7) is 10.5. The Balaban J connectivity index is 4.68. The molecule has 2 N–H and O–H groups in total. The molecule has 0 amide bonds. The maximum Gasteiger partial charge on any atom is 0.310 e. The van der Waals surface area contributed by atoms with Gasteiger partial charge in [0.15, 0.2) is 0 Å². The number of aliphatic carboxylic acids is 2. The van der Waals surface area contributed by atoms with E-state index in [0.717, 1.165) is 0 Å². The van der Waals surface area contributed by atoms with E-state index in [-0.39, 0.29) is 11.8 Å². The van der Waals surface area contributed by atoms with Gasteiger partial charge in [-0.1, -0.05) is 19.9 Å². The lowest BCUT2D eigenvalue weighted by Gasteiger charge is -2.30. The molecule has 0 rings (SSSR count). The third kappa shape index (κ3) is 3.88. The van der Waals surface area contributed by atoms with Crippen LogP contribution in [-0.4, -0.2) is 22.2 Å². The first-order valence-electron chi connectivity index (χ1n) is 5.73. The largest absolute Gasteiger partial charge is 0.481 e. The normalized spacial score (nSPS) is 16.9. The standard InChI is InChI=1S/C13H22O4/c1-6-10(11(14)15)8(2)7-9(3)13(4,5)12(16)17/h6,8-10H,1,7H2,2-5H3,(H,14,15)(H,16,17). The van der Waals surface area contributed by atoms with E-state index in [1.54, 1.807) is 13.8 Å². The van der Waals surface area contributed by atoms with E-state index >= 15 is 0 Å². The second-order valence-corrected chi connectivity index (χ2v) is 5.24. The monoisotopic (exact) mass is 242 g/mol. The van der Waals surface area contributed by atoms with Crippen molar-refractivity contribution >= 4 is 11.9 Å². The van der Waals surface area contributed by atoms with Crippen molar-refractivity contribution in [2.24, 2.45) is 23.2 Å². The third-order valence-corrected chi connectivity index (χ3v) is 3.66. The zero-order chi connectivity index (χ0) is 13.8. The predicted octanol–water partition coefficient (Wildman–Crippen LogP) is 2.65. The second kappa shape index (κ2) is 5.84. The third-order valence-electron chi connectivity index (χ3n) is 3.66. The molecule has 4 heteroatoms. The lowest BCUT2D eigenvalue weighted by atomic mass is 9.73. The highest BCUT2D eigenvalue weighted by Crippen LogP contribution is 2.34. The summed E-state index contributed by atoms with van der Waals surface area (Å²) in [7, 11) is 0. The van der Waals surface area contributed by atoms with Crippen LogP contribution in [0.3, 0.4) is 0 Å². The van der Waals surface area contributed by atoms with Crippen LogP contribution in [0, 0.1) is 23.2 Å². The van der Waals surface area contributed by atoms with Crippen molar-refractivity contribution in [3.63, 3.8) is 0 Å². The van der Waals surface area contributed by atoms with E-state index in [9.17, 15) is 9.59 Å². The summed E-state index contributed by atoms with van der Waals surface area (Å²) in [5.74, 6) is -2.62. The summed E-state index contributed by atoms with van der Waals surface area (Å²) in [4.78, 5) is 22.0. The second-order valence-electron chi connectivity index (χ2n) is 5.24. The van der Waals surface area contributed by atoms with Crippen molar-refractivity contribution in [1.82, 2.24) is 0 Å². The first-order valence-corrected chi connectivity index (χ1v) is 5.73. The van der Waals surface area contributed by atoms with Gasteiger partial charge in [0.1, 0.15) is 0 Å². The Kier molecular flexibility index (Phi) is 5.39. The highest BCUT2D eigenvalue weighted by molar-refractivity contribution is 5.74. The van der Waals surface area contributed by atoms with Crippen LogP contribution in [0.2, 0.25) is 0 Å². The molecule has 98 valence electrons. The minimum atomic E-state index is -0.909. The van der Waals surface area contributed by atoms with Crippen LogP contribution in [0.4, 0.5) is 0 Å². The van der Waals surface area contributed by atoms with E-state index in [4.69, 9.17) is 10.2 Å². The summed E-state index contributed by atoms with van der Waals surface area (Å²) in [6, 6.07) is 0. The Hall–Kier alpha value is -1.32. The van der Waals surface area contributed by atoms with Crippen LogP contribution in [0.1, 0.15) is 34.1 Å². The van der Waals surface area contributed by atoms with Gasteiger partial charge in [-0.3, -0.25) is 9.59 Å². The van der Waals surface area contributed by atoms with Crippen molar-refractivity contribution in [3.8, 4) is 0 Å². The Bertz CT molecular complexity index is 307. The van der Waals surface area contributed by atoms with Gasteiger partial charge in [0.2, 0.25) is 0 Å². The SMILES string of the molecule is C=CC(C(=O)O)C(C)CC(C)C(C)(C)C(=O)O. The van der Waals surface area contributed by atoms with Gasteiger partial charge in [0.25, 0.3) is 0 Å². The van der Waals surface area contributed by atoms with Crippen LogP contribution in [-0.2, 0) is 9.59 Å². The lowest BCUT2D eigenvalue weighted by molar-refractivity contribution is -0.150. The summed E-state index contributed by atoms with van der Waals surface area (Å²) >= 11 is 0. The molecule has 0 saturated carbocycles. The van der Waals surface area contributed by atoms with Crippen LogP contribution in [0.15, 0.2) is 12.7 Å². The van der Waals surface area contributed by atoms with Crippen molar-refractivity contribution in [2.45, 2.75) is 34.1 Å². The van der Waals surface area contributed by atoms with Gasteiger partial charge >= 0.3 is 11.9 Å². The summed E-state index contributed by atoms with van der Waals surface area (Å²) in [5, 5.41) is 18.1. The molecule has 17 heavy (non-hydrogen) atoms. The van der Waals surface area contributed by atoms with Gasteiger partial charge in [-0.05, 0) is 32.1 Å². The van der Waals surface area contributed by atoms with Crippen molar-refractivity contribution < 1.29 is 19.8 Å². The smallest absolute Gasteiger partial charge is 0.310 e. The Morgan fingerprint density at radius 3 is 2.06 bits per heavy atom. The first kappa shape index (κ1) is 15.7. The molecule has 4 nitrogen and oxygen atoms in total. The van der Waals surface area contributed by atoms with E-state index in [0.29, 0.717) is 6.42 Å². The van der Waals surface area contributed by atoms with Gasteiger partial charge in [-0.2, -0.15) is 0 Å². The Morgan fingerprint density at radius 2 is 1.76 bits per heavy atom. The number of hydrogen-bond acceptors (Lipinski definition) is 2. The number of carboxylic acids is 2. The molecule has 0 radical (unpaired) electrons. The number of carbonyl (C=O) groups is 2. The first-order chi connectivity index (χ1) is 7.64. The Labute approximate surface area is 102 Å². The molecule has 0 spiro atoms. The highest BCUT2D eigenvalue weighted by Gasteiger charge is 2.36. The van der Waals surface area contributed by atoms with Gasteiger partial charge in [0, 0.05) is 0 Å². The van der Waals surface area contributed by atoms with Crippen molar-refractivity contribution in [3.05, 3.63) is 12.7 Å². The average Bonchev–Trinajstić information content (AvgIpc) is 2.17. The van der Waals surface area contributed by atoms with Gasteiger partial charge < -0.3 is 10.2 Å². The van der Waals surface area contributed by atoms with Gasteiger partial charge in [-0.15, -0.1) is 6.58 Å². The van der Waals surface area contributed by atoms with E-state index in [2.05, 4.69) is 6.58 Å². The molecule has 0 fully saturated rings. The highest BCUT2D eigenvalue weighted by atomic mass is 16.4. The van der Waals surface area contributed by atoms with Crippen LogP contribution >= 0.6 is 0 Å². The van der Waals surface area contributed by atoms with E-state index < -0.39 is 23.3 Å². The van der Waals surface area contributed by atoms with E-state index in [1.807, 2.05) is 13.8 Å². The van der Waals surface area contributed by atoms with Crippen molar-refractivity contribution in [2.75, 3.05) is 0 Å². The minimum Gasteiger partial charge on any atom is -0.481 e. The fraction of sp³-hybridized carbons (Fsp3) is 0.692. The Morgan fingerprint density at radius 1 is 1.29 bits per heavy atom. The zero-order valence-electron chi connectivity index (χ0n) is 10.9. The fourth-order valence-corrected chi connectivity index (χ4v) is 1.79. The number of rotatable bonds is 7. The molecule has 0 heterocycles. The van der Waals surface area contributed by atoms with Gasteiger partial charge in [-0.25, -0.2) is 0 Å². The number of carboxylic acid groups (broad SMARTS) is 2. The maximum absolute atomic E-state index is 11.1. The molecule has 0 aromatic carbocycles. The fourth-order valence-electron chi connectivity index (χ4n) is 1.79. The average molecular weight is 242 g/mol. The maximum atomic E-state index is 11.1. The molecular weight excluding hydrogens is 220 g/mol. The quantitative estimate of drug-likeness (QED) is 0.673. The molecular formula is C13H22O4. The zero-order valence-corrected chi connectivity index (χ0v) is 10.9. The molecule has 0 saturated heterocycles. The van der Waals surface area contributed by atoms with Crippen molar-refractivity contribution in [1.29, 1.82) is 0 Å². The number of hydrogen-bond donors (Lipinski definition) is 2. The molecule has 0 aromatic heterocycles. The lowest BCUT2D eigenvalue weighted by Crippen LogP contribution is -2.33. The molecule has 3 atom stereocenters. The van der Waals surface area contributed by atoms with Crippen LogP contribution < -0.4 is 0 Å². The molecule has 0 aliphatic rings. The topological polar surface area (TPSA) is 74.6 Å². The van der Waals surface area contributed by atoms with Crippen LogP contribution in [0.25, 0.3) is 0 Å². The molecule has 3 unspecified atom stereocenters. The van der Waals surface area contributed by atoms with Crippen LogP contribution in [0.5, 0.6) is 0 Å².